The predicted octanol–water partition coefficient (Wildman–Crippen LogP) is 6.72. The van der Waals surface area contributed by atoms with Crippen LogP contribution in [0.3, 0.4) is 0 Å². The Morgan fingerprint density at radius 2 is 1.95 bits per heavy atom. The van der Waals surface area contributed by atoms with Crippen molar-refractivity contribution < 1.29 is 9.50 Å². The molecule has 0 spiro atoms. The van der Waals surface area contributed by atoms with E-state index in [1.165, 1.54) is 11.8 Å². The summed E-state index contributed by atoms with van der Waals surface area (Å²) < 4.78 is 14.2. The van der Waals surface area contributed by atoms with Crippen molar-refractivity contribution in [1.82, 2.24) is 25.4 Å². The largest absolute Gasteiger partial charge is 0.507 e. The minimum Gasteiger partial charge on any atom is -0.507 e. The summed E-state index contributed by atoms with van der Waals surface area (Å²) in [5, 5.41) is 28.1. The van der Waals surface area contributed by atoms with Gasteiger partial charge in [-0.05, 0) is 61.3 Å². The first-order valence-corrected chi connectivity index (χ1v) is 14.7. The fraction of sp³-hybridized carbons (Fsp3) is 0.500. The first kappa shape index (κ1) is 29.2. The summed E-state index contributed by atoms with van der Waals surface area (Å²) in [6.07, 6.45) is 7.71. The molecule has 12 heteroatoms. The number of nitrogens with zero attached hydrogens (tertiary/aromatic N) is 6. The summed E-state index contributed by atoms with van der Waals surface area (Å²) in [4.78, 5) is 6.33. The second kappa shape index (κ2) is 12.2. The molecule has 7 nitrogen and oxygen atoms in total. The molecule has 0 radical (unpaired) electrons. The molecule has 1 aliphatic carbocycles. The van der Waals surface area contributed by atoms with Crippen LogP contribution in [0.25, 0.3) is 22.5 Å². The van der Waals surface area contributed by atoms with Crippen molar-refractivity contribution in [3.8, 4) is 28.3 Å². The lowest BCUT2D eigenvalue weighted by molar-refractivity contribution is 0.207. The van der Waals surface area contributed by atoms with E-state index in [1.54, 1.807) is 24.5 Å². The van der Waals surface area contributed by atoms with Gasteiger partial charge in [0.15, 0.2) is 14.4 Å². The summed E-state index contributed by atoms with van der Waals surface area (Å²) in [6, 6.07) is 6.74. The van der Waals surface area contributed by atoms with E-state index in [0.717, 1.165) is 43.2 Å². The summed E-state index contributed by atoms with van der Waals surface area (Å²) in [5.74, 6) is 0.805. The highest BCUT2D eigenvalue weighted by molar-refractivity contribution is 8.36. The van der Waals surface area contributed by atoms with Crippen molar-refractivity contribution >= 4 is 55.5 Å². The van der Waals surface area contributed by atoms with E-state index < -0.39 is 8.91 Å². The molecule has 1 fully saturated rings. The van der Waals surface area contributed by atoms with Crippen molar-refractivity contribution in [3.63, 3.8) is 0 Å². The van der Waals surface area contributed by atoms with Gasteiger partial charge >= 0.3 is 0 Å². The highest BCUT2D eigenvalue weighted by Gasteiger charge is 2.37. The second-order valence-corrected chi connectivity index (χ2v) is 15.4. The molecule has 0 amide bonds. The summed E-state index contributed by atoms with van der Waals surface area (Å²) in [7, 11) is 1.86. The quantitative estimate of drug-likeness (QED) is 0.0993. The van der Waals surface area contributed by atoms with Crippen LogP contribution in [0.2, 0.25) is 0 Å². The standard InChI is InChI=1S/C26H33FN6OS4/c1-4-9-25(2)10-5-6-19(27)20(13-25)33(3)22-15-28-24(32-30-22)18-8-7-16(11-21(18)34)17-12-23(31-29-14-17)38-26(35,36)37/h7-8,11-12,14-15,19-20,34-37H,4-6,9-10,13H2,1-3H3/t19-,20+,25+/m0/s1. The van der Waals surface area contributed by atoms with E-state index in [1.807, 2.05) is 24.1 Å². The van der Waals surface area contributed by atoms with Crippen LogP contribution in [-0.4, -0.2) is 52.5 Å². The Morgan fingerprint density at radius 3 is 2.61 bits per heavy atom. The van der Waals surface area contributed by atoms with Gasteiger partial charge in [-0.25, -0.2) is 9.37 Å². The van der Waals surface area contributed by atoms with Gasteiger partial charge in [0, 0.05) is 12.6 Å². The molecule has 0 aliphatic heterocycles. The Kier molecular flexibility index (Phi) is 9.37. The maximum Gasteiger partial charge on any atom is 0.185 e. The molecule has 1 aliphatic rings. The number of phenolic OH excluding ortho intramolecular Hbond substituents is 1. The molecular formula is C26H33FN6OS4. The van der Waals surface area contributed by atoms with Gasteiger partial charge in [0.05, 0.1) is 24.0 Å². The van der Waals surface area contributed by atoms with E-state index in [0.29, 0.717) is 22.8 Å². The topological polar surface area (TPSA) is 87.9 Å². The molecule has 0 saturated heterocycles. The normalized spacial score (nSPS) is 22.2. The lowest BCUT2D eigenvalue weighted by Gasteiger charge is -2.36. The van der Waals surface area contributed by atoms with Crippen LogP contribution in [0, 0.1) is 5.41 Å². The molecule has 38 heavy (non-hydrogen) atoms. The number of aromatic nitrogens is 5. The predicted molar refractivity (Wildman–Crippen MR) is 162 cm³/mol. The number of benzene rings is 1. The molecule has 0 unspecified atom stereocenters. The van der Waals surface area contributed by atoms with Crippen LogP contribution in [0.4, 0.5) is 10.2 Å². The maximum atomic E-state index is 15.1. The summed E-state index contributed by atoms with van der Waals surface area (Å²) in [5.41, 5.74) is 2.06. The van der Waals surface area contributed by atoms with E-state index in [2.05, 4.69) is 77.1 Å². The Labute approximate surface area is 244 Å². The Hall–Kier alpha value is -1.76. The number of hydrogen-bond acceptors (Lipinski definition) is 11. The Morgan fingerprint density at radius 1 is 1.16 bits per heavy atom. The Balaban J connectivity index is 1.53. The number of hydrogen-bond donors (Lipinski definition) is 4. The third kappa shape index (κ3) is 7.25. The maximum absolute atomic E-state index is 15.1. The van der Waals surface area contributed by atoms with Crippen molar-refractivity contribution in [2.75, 3.05) is 11.9 Å². The highest BCUT2D eigenvalue weighted by atomic mass is 32.3. The van der Waals surface area contributed by atoms with Crippen LogP contribution in [0.5, 0.6) is 5.75 Å². The van der Waals surface area contributed by atoms with E-state index in [-0.39, 0.29) is 23.0 Å². The van der Waals surface area contributed by atoms with Crippen LogP contribution >= 0.6 is 49.6 Å². The zero-order valence-electron chi connectivity index (χ0n) is 21.6. The molecule has 3 atom stereocenters. The number of aromatic hydroxyl groups is 1. The molecule has 1 N–H and O–H groups in total. The smallest absolute Gasteiger partial charge is 0.185 e. The van der Waals surface area contributed by atoms with E-state index in [4.69, 9.17) is 0 Å². The van der Waals surface area contributed by atoms with Crippen molar-refractivity contribution in [1.29, 1.82) is 0 Å². The first-order chi connectivity index (χ1) is 18.0. The van der Waals surface area contributed by atoms with Gasteiger partial charge in [-0.3, -0.25) is 0 Å². The lowest BCUT2D eigenvalue weighted by atomic mass is 9.77. The number of thioether (sulfide) groups is 1. The number of phenols is 1. The minimum absolute atomic E-state index is 0.00581. The SMILES string of the molecule is CCC[C@]1(C)CCC[C@H](F)[C@H](N(C)c2cnc(-c3ccc(-c4cnnc(SC(S)(S)S)c4)cc3O)nn2)C1. The molecule has 2 aromatic heterocycles. The van der Waals surface area contributed by atoms with Crippen LogP contribution in [0.1, 0.15) is 52.4 Å². The van der Waals surface area contributed by atoms with E-state index >= 15 is 4.39 Å². The zero-order chi connectivity index (χ0) is 27.5. The minimum atomic E-state index is -0.928. The third-order valence-electron chi connectivity index (χ3n) is 7.09. The van der Waals surface area contributed by atoms with Gasteiger partial charge in [-0.1, -0.05) is 38.1 Å². The van der Waals surface area contributed by atoms with Gasteiger partial charge < -0.3 is 10.0 Å². The van der Waals surface area contributed by atoms with Crippen LogP contribution < -0.4 is 4.90 Å². The fourth-order valence-electron chi connectivity index (χ4n) is 5.18. The van der Waals surface area contributed by atoms with Gasteiger partial charge in [0.25, 0.3) is 0 Å². The van der Waals surface area contributed by atoms with Gasteiger partial charge in [-0.15, -0.1) is 53.2 Å². The second-order valence-electron chi connectivity index (χ2n) is 10.2. The molecular weight excluding hydrogens is 560 g/mol. The van der Waals surface area contributed by atoms with Crippen molar-refractivity contribution in [3.05, 3.63) is 36.7 Å². The molecule has 3 aromatic rings. The molecule has 2 heterocycles. The van der Waals surface area contributed by atoms with Crippen LogP contribution in [-0.2, 0) is 0 Å². The van der Waals surface area contributed by atoms with Gasteiger partial charge in [0.2, 0.25) is 0 Å². The number of halogens is 1. The third-order valence-corrected chi connectivity index (χ3v) is 8.59. The van der Waals surface area contributed by atoms with Gasteiger partial charge in [-0.2, -0.15) is 5.10 Å². The van der Waals surface area contributed by atoms with Crippen molar-refractivity contribution in [2.45, 2.75) is 72.4 Å². The number of alkyl halides is 1. The molecule has 0 bridgehead atoms. The molecule has 204 valence electrons. The van der Waals surface area contributed by atoms with E-state index in [9.17, 15) is 5.11 Å². The summed E-state index contributed by atoms with van der Waals surface area (Å²) in [6.45, 7) is 4.45. The average Bonchev–Trinajstić information content (AvgIpc) is 3.01. The monoisotopic (exact) mass is 592 g/mol. The molecule has 1 saturated carbocycles. The number of thiol groups is 3. The average molecular weight is 593 g/mol. The number of rotatable bonds is 8. The Bertz CT molecular complexity index is 1250. The number of anilines is 1. The fourth-order valence-corrected chi connectivity index (χ4v) is 6.58. The first-order valence-electron chi connectivity index (χ1n) is 12.6. The zero-order valence-corrected chi connectivity index (χ0v) is 25.1. The molecule has 4 rings (SSSR count). The molecule has 1 aromatic carbocycles. The highest BCUT2D eigenvalue weighted by Crippen LogP contribution is 2.43. The van der Waals surface area contributed by atoms with Crippen LogP contribution in [0.15, 0.2) is 41.7 Å². The lowest BCUT2D eigenvalue weighted by Crippen LogP contribution is -2.42. The summed E-state index contributed by atoms with van der Waals surface area (Å²) >= 11 is 14.1. The van der Waals surface area contributed by atoms with Crippen molar-refractivity contribution in [2.24, 2.45) is 5.41 Å². The van der Waals surface area contributed by atoms with Gasteiger partial charge in [0.1, 0.15) is 16.9 Å².